The second-order valence-corrected chi connectivity index (χ2v) is 16.2. The first-order valence-electron chi connectivity index (χ1n) is 19.4. The fraction of sp³-hybridized carbons (Fsp3) is 0.455. The number of fused-ring (bicyclic) bond motifs is 2. The maximum atomic E-state index is 15.3. The van der Waals surface area contributed by atoms with E-state index in [0.29, 0.717) is 24.1 Å². The number of nitrogens with zero attached hydrogens (tertiary/aromatic N) is 2. The van der Waals surface area contributed by atoms with E-state index in [9.17, 15) is 14.7 Å². The van der Waals surface area contributed by atoms with Gasteiger partial charge in [-0.05, 0) is 47.2 Å². The summed E-state index contributed by atoms with van der Waals surface area (Å²) in [5, 5.41) is 15.8. The van der Waals surface area contributed by atoms with E-state index in [2.05, 4.69) is 34.4 Å². The first-order chi connectivity index (χ1) is 27.0. The van der Waals surface area contributed by atoms with Gasteiger partial charge in [0, 0.05) is 30.6 Å². The lowest BCUT2D eigenvalue weighted by molar-refractivity contribution is -0.163. The van der Waals surface area contributed by atoms with Gasteiger partial charge in [-0.2, -0.15) is 0 Å². The number of nitrogens with one attached hydrogen (secondary N) is 1. The molecule has 3 aliphatic rings. The van der Waals surface area contributed by atoms with E-state index in [1.54, 1.807) is 29.2 Å². The quantitative estimate of drug-likeness (QED) is 0.0921. The molecule has 298 valence electrons. The highest BCUT2D eigenvalue weighted by Crippen LogP contribution is 2.61. The number of ether oxygens (including phenoxy) is 3. The molecular formula is C44H52BrN3O8. The van der Waals surface area contributed by atoms with E-state index in [1.165, 1.54) is 12.0 Å². The van der Waals surface area contributed by atoms with Crippen LogP contribution in [0.4, 0.5) is 5.69 Å². The van der Waals surface area contributed by atoms with Gasteiger partial charge in [0.2, 0.25) is 11.8 Å². The molecule has 3 saturated heterocycles. The molecule has 1 unspecified atom stereocenters. The smallest absolute Gasteiger partial charge is 0.313 e. The van der Waals surface area contributed by atoms with Gasteiger partial charge in [-0.15, -0.1) is 13.2 Å². The molecule has 0 saturated carbocycles. The van der Waals surface area contributed by atoms with Crippen LogP contribution in [0.25, 0.3) is 10.8 Å². The molecule has 3 amide bonds. The van der Waals surface area contributed by atoms with Crippen molar-refractivity contribution >= 4 is 56.1 Å². The molecule has 56 heavy (non-hydrogen) atoms. The Balaban J connectivity index is 1.41. The van der Waals surface area contributed by atoms with Gasteiger partial charge in [0.15, 0.2) is 0 Å². The van der Waals surface area contributed by atoms with Crippen molar-refractivity contribution in [2.24, 2.45) is 17.8 Å². The fourth-order valence-electron chi connectivity index (χ4n) is 8.86. The first kappa shape index (κ1) is 41.3. The summed E-state index contributed by atoms with van der Waals surface area (Å²) in [7, 11) is 1.50. The highest BCUT2D eigenvalue weighted by atomic mass is 79.9. The summed E-state index contributed by atoms with van der Waals surface area (Å²) in [6.45, 7) is 11.4. The molecule has 3 fully saturated rings. The minimum absolute atomic E-state index is 0.0377. The molecule has 3 aliphatic heterocycles. The number of amides is 3. The number of allylic oxidation sites excluding steroid dienone is 1. The SMILES string of the molecule is C=CCCC(=O)N[C@H](COC)[C@H](OC(=O)[C@@H]1[C@H]2O[C@@]3(CC2Br)[C@H](C(=O)N(CC=C)c2ccc4ccccc4c2)N([C@@H](CO)[C@@H](C)CC)C(=O)[C@@H]13)c1ccccc1. The molecule has 3 aromatic carbocycles. The number of benzene rings is 3. The number of hydrogen-bond donors (Lipinski definition) is 2. The number of aliphatic hydroxyl groups excluding tert-OH is 1. The van der Waals surface area contributed by atoms with Crippen LogP contribution < -0.4 is 10.2 Å². The van der Waals surface area contributed by atoms with Crippen LogP contribution >= 0.6 is 15.9 Å². The topological polar surface area (TPSA) is 135 Å². The Morgan fingerprint density at radius 2 is 1.80 bits per heavy atom. The summed E-state index contributed by atoms with van der Waals surface area (Å²) in [6.07, 6.45) is 3.08. The highest BCUT2D eigenvalue weighted by molar-refractivity contribution is 9.09. The van der Waals surface area contributed by atoms with Crippen molar-refractivity contribution in [1.82, 2.24) is 10.2 Å². The normalized spacial score (nSPS) is 25.9. The molecule has 6 rings (SSSR count). The van der Waals surface area contributed by atoms with Crippen molar-refractivity contribution in [3.05, 3.63) is 104 Å². The molecule has 3 aromatic rings. The van der Waals surface area contributed by atoms with Crippen LogP contribution in [0.5, 0.6) is 0 Å². The summed E-state index contributed by atoms with van der Waals surface area (Å²) in [6, 6.07) is 20.0. The third-order valence-electron chi connectivity index (χ3n) is 11.7. The number of aliphatic hydroxyl groups is 1. The molecule has 0 radical (unpaired) electrons. The highest BCUT2D eigenvalue weighted by Gasteiger charge is 2.78. The molecule has 3 heterocycles. The Morgan fingerprint density at radius 3 is 2.46 bits per heavy atom. The number of halogens is 1. The standard InChI is InChI=1S/C44H52BrN3O8/c1-6-9-19-35(50)46-33(26-54-5)38(29-16-11-10-12-17-29)55-43(53)36-37-41(51)48(34(25-49)27(4)8-3)40(44(37)24-32(45)39(36)56-44)42(52)47(22-7-2)31-21-20-28-15-13-14-18-30(28)23-31/h6-7,10-18,20-21,23,27,32-34,36-40,49H,1-2,8-9,19,22,24-26H2,3-5H3,(H,46,50)/t27-,32?,33+,34-,36-,37+,38+,39-,40-,44+/m0/s1. The zero-order valence-electron chi connectivity index (χ0n) is 32.2. The molecule has 0 aliphatic carbocycles. The van der Waals surface area contributed by atoms with Crippen molar-refractivity contribution in [2.45, 2.75) is 80.3 Å². The average Bonchev–Trinajstić information content (AvgIpc) is 3.81. The van der Waals surface area contributed by atoms with Crippen LogP contribution in [-0.4, -0.2) is 95.2 Å². The zero-order chi connectivity index (χ0) is 40.1. The van der Waals surface area contributed by atoms with Crippen molar-refractivity contribution in [3.63, 3.8) is 0 Å². The van der Waals surface area contributed by atoms with Crippen molar-refractivity contribution in [1.29, 1.82) is 0 Å². The number of carbonyl (C=O) groups is 4. The molecular weight excluding hydrogens is 778 g/mol. The van der Waals surface area contributed by atoms with Crippen molar-refractivity contribution in [3.8, 4) is 0 Å². The first-order valence-corrected chi connectivity index (χ1v) is 20.3. The van der Waals surface area contributed by atoms with Gasteiger partial charge in [0.1, 0.15) is 17.7 Å². The van der Waals surface area contributed by atoms with E-state index in [0.717, 1.165) is 10.8 Å². The Morgan fingerprint density at radius 1 is 1.09 bits per heavy atom. The van der Waals surface area contributed by atoms with Gasteiger partial charge in [0.25, 0.3) is 5.91 Å². The van der Waals surface area contributed by atoms with Crippen molar-refractivity contribution in [2.75, 3.05) is 31.8 Å². The van der Waals surface area contributed by atoms with Crippen LogP contribution in [0, 0.1) is 17.8 Å². The summed E-state index contributed by atoms with van der Waals surface area (Å²) >= 11 is 3.77. The number of hydrogen-bond acceptors (Lipinski definition) is 8. The largest absolute Gasteiger partial charge is 0.455 e. The van der Waals surface area contributed by atoms with Gasteiger partial charge in [0.05, 0.1) is 43.2 Å². The van der Waals surface area contributed by atoms with Crippen LogP contribution in [0.1, 0.15) is 51.2 Å². The van der Waals surface area contributed by atoms with Crippen LogP contribution in [0.15, 0.2) is 98.1 Å². The lowest BCUT2D eigenvalue weighted by atomic mass is 9.70. The lowest BCUT2D eigenvalue weighted by Crippen LogP contribution is -2.60. The molecule has 12 heteroatoms. The number of anilines is 1. The third kappa shape index (κ3) is 7.68. The average molecular weight is 831 g/mol. The van der Waals surface area contributed by atoms with Crippen molar-refractivity contribution < 1.29 is 38.5 Å². The van der Waals surface area contributed by atoms with E-state index in [1.807, 2.05) is 74.5 Å². The van der Waals surface area contributed by atoms with Gasteiger partial charge >= 0.3 is 5.97 Å². The molecule has 0 aromatic heterocycles. The summed E-state index contributed by atoms with van der Waals surface area (Å²) in [5.74, 6) is -4.15. The summed E-state index contributed by atoms with van der Waals surface area (Å²) in [5.41, 5.74) is -0.170. The van der Waals surface area contributed by atoms with Gasteiger partial charge in [-0.25, -0.2) is 0 Å². The zero-order valence-corrected chi connectivity index (χ0v) is 33.8. The number of methoxy groups -OCH3 is 1. The maximum absolute atomic E-state index is 15.3. The summed E-state index contributed by atoms with van der Waals surface area (Å²) in [4.78, 5) is 60.9. The molecule has 10 atom stereocenters. The van der Waals surface area contributed by atoms with E-state index < -0.39 is 70.4 Å². The predicted octanol–water partition coefficient (Wildman–Crippen LogP) is 5.90. The molecule has 2 N–H and O–H groups in total. The number of esters is 1. The molecule has 2 bridgehead atoms. The van der Waals surface area contributed by atoms with E-state index >= 15 is 9.59 Å². The van der Waals surface area contributed by atoms with Crippen LogP contribution in [0.2, 0.25) is 0 Å². The maximum Gasteiger partial charge on any atom is 0.313 e. The minimum Gasteiger partial charge on any atom is -0.455 e. The van der Waals surface area contributed by atoms with Crippen LogP contribution in [-0.2, 0) is 33.4 Å². The Kier molecular flexibility index (Phi) is 13.1. The van der Waals surface area contributed by atoms with Gasteiger partial charge < -0.3 is 34.4 Å². The van der Waals surface area contributed by atoms with E-state index in [4.69, 9.17) is 14.2 Å². The van der Waals surface area contributed by atoms with E-state index in [-0.39, 0.29) is 44.4 Å². The molecule has 1 spiro atoms. The van der Waals surface area contributed by atoms with Crippen LogP contribution in [0.3, 0.4) is 0 Å². The Labute approximate surface area is 337 Å². The monoisotopic (exact) mass is 829 g/mol. The lowest BCUT2D eigenvalue weighted by Gasteiger charge is -2.41. The Bertz CT molecular complexity index is 1930. The third-order valence-corrected chi connectivity index (χ3v) is 12.6. The fourth-order valence-corrected chi connectivity index (χ4v) is 9.80. The Hall–Kier alpha value is -4.36. The number of alkyl halides is 1. The second kappa shape index (κ2) is 17.8. The minimum atomic E-state index is -1.42. The summed E-state index contributed by atoms with van der Waals surface area (Å²) < 4.78 is 18.7. The van der Waals surface area contributed by atoms with Gasteiger partial charge in [-0.1, -0.05) is 109 Å². The number of rotatable bonds is 18. The number of carbonyl (C=O) groups excluding carboxylic acids is 4. The number of likely N-dealkylation sites (tertiary alicyclic amines) is 1. The second-order valence-electron chi connectivity index (χ2n) is 15.0. The van der Waals surface area contributed by atoms with Gasteiger partial charge in [-0.3, -0.25) is 19.2 Å². The predicted molar refractivity (Wildman–Crippen MR) is 218 cm³/mol. The molecule has 11 nitrogen and oxygen atoms in total.